The van der Waals surface area contributed by atoms with Gasteiger partial charge >= 0.3 is 0 Å². The number of thiazole rings is 1. The highest BCUT2D eigenvalue weighted by Crippen LogP contribution is 2.36. The minimum absolute atomic E-state index is 0.184. The SMILES string of the molecule is CN1CCN(c2ccc3nc(-c4c(N)c5sccc5[nH]c4=O)sc3c2)CC1. The van der Waals surface area contributed by atoms with Crippen molar-refractivity contribution in [3.05, 3.63) is 40.0 Å². The van der Waals surface area contributed by atoms with Gasteiger partial charge in [-0.1, -0.05) is 0 Å². The molecule has 0 spiro atoms. The van der Waals surface area contributed by atoms with Gasteiger partial charge in [-0.2, -0.15) is 0 Å². The molecule has 0 saturated carbocycles. The first-order chi connectivity index (χ1) is 13.1. The van der Waals surface area contributed by atoms with Gasteiger partial charge < -0.3 is 20.5 Å². The molecule has 4 aromatic rings. The molecule has 0 aliphatic carbocycles. The number of anilines is 2. The second kappa shape index (κ2) is 6.33. The molecule has 27 heavy (non-hydrogen) atoms. The van der Waals surface area contributed by atoms with E-state index in [4.69, 9.17) is 10.7 Å². The van der Waals surface area contributed by atoms with Crippen LogP contribution in [0.5, 0.6) is 0 Å². The van der Waals surface area contributed by atoms with Crippen molar-refractivity contribution in [2.75, 3.05) is 43.9 Å². The maximum Gasteiger partial charge on any atom is 0.260 e. The molecule has 1 aromatic carbocycles. The Morgan fingerprint density at radius 1 is 1.19 bits per heavy atom. The minimum atomic E-state index is -0.184. The number of nitrogens with two attached hydrogens (primary N) is 1. The van der Waals surface area contributed by atoms with E-state index < -0.39 is 0 Å². The quantitative estimate of drug-likeness (QED) is 0.543. The summed E-state index contributed by atoms with van der Waals surface area (Å²) >= 11 is 3.06. The van der Waals surface area contributed by atoms with E-state index in [1.54, 1.807) is 0 Å². The van der Waals surface area contributed by atoms with Gasteiger partial charge in [-0.25, -0.2) is 4.98 Å². The standard InChI is InChI=1S/C19H19N5OS2/c1-23-5-7-24(8-6-23)11-2-3-12-14(10-11)27-19(22-12)15-16(20)17-13(4-9-26-17)21-18(15)25/h2-4,9-10H,5-8H2,1H3,(H3,20,21,25). The third-order valence-corrected chi connectivity index (χ3v) is 7.09. The summed E-state index contributed by atoms with van der Waals surface area (Å²) in [7, 11) is 2.16. The topological polar surface area (TPSA) is 78.2 Å². The van der Waals surface area contributed by atoms with Gasteiger partial charge in [0.25, 0.3) is 5.56 Å². The van der Waals surface area contributed by atoms with Gasteiger partial charge in [0, 0.05) is 31.9 Å². The van der Waals surface area contributed by atoms with Crippen LogP contribution in [-0.2, 0) is 0 Å². The molecule has 4 heterocycles. The molecule has 5 rings (SSSR count). The highest BCUT2D eigenvalue weighted by atomic mass is 32.1. The summed E-state index contributed by atoms with van der Waals surface area (Å²) in [5.41, 5.74) is 10.0. The number of likely N-dealkylation sites (N-methyl/N-ethyl adjacent to an activating group) is 1. The van der Waals surface area contributed by atoms with E-state index >= 15 is 0 Å². The number of benzene rings is 1. The van der Waals surface area contributed by atoms with Gasteiger partial charge in [-0.3, -0.25) is 4.79 Å². The zero-order valence-corrected chi connectivity index (χ0v) is 16.5. The largest absolute Gasteiger partial charge is 0.397 e. The molecule has 1 aliphatic heterocycles. The van der Waals surface area contributed by atoms with Crippen molar-refractivity contribution in [2.45, 2.75) is 0 Å². The summed E-state index contributed by atoms with van der Waals surface area (Å²) in [4.78, 5) is 24.9. The Morgan fingerprint density at radius 2 is 2.00 bits per heavy atom. The summed E-state index contributed by atoms with van der Waals surface area (Å²) in [6.07, 6.45) is 0. The van der Waals surface area contributed by atoms with Crippen molar-refractivity contribution in [3.8, 4) is 10.6 Å². The molecule has 138 valence electrons. The second-order valence-corrected chi connectivity index (χ2v) is 8.81. The predicted molar refractivity (Wildman–Crippen MR) is 115 cm³/mol. The first-order valence-electron chi connectivity index (χ1n) is 8.83. The molecule has 0 amide bonds. The number of piperazine rings is 1. The van der Waals surface area contributed by atoms with Crippen LogP contribution in [0.15, 0.2) is 34.4 Å². The van der Waals surface area contributed by atoms with Crippen LogP contribution < -0.4 is 16.2 Å². The monoisotopic (exact) mass is 397 g/mol. The smallest absolute Gasteiger partial charge is 0.260 e. The number of nitrogens with zero attached hydrogens (tertiary/aromatic N) is 3. The summed E-state index contributed by atoms with van der Waals surface area (Å²) in [6, 6.07) is 8.21. The lowest BCUT2D eigenvalue weighted by atomic mass is 10.2. The molecule has 8 heteroatoms. The molecular formula is C19H19N5OS2. The molecule has 1 fully saturated rings. The molecule has 1 saturated heterocycles. The molecular weight excluding hydrogens is 378 g/mol. The Labute approximate surface area is 163 Å². The number of rotatable bonds is 2. The highest BCUT2D eigenvalue weighted by Gasteiger charge is 2.19. The number of nitrogen functional groups attached to an aromatic ring is 1. The number of nitrogens with one attached hydrogen (secondary N) is 1. The molecule has 6 nitrogen and oxygen atoms in total. The highest BCUT2D eigenvalue weighted by molar-refractivity contribution is 7.22. The van der Waals surface area contributed by atoms with E-state index in [2.05, 4.69) is 34.0 Å². The first kappa shape index (κ1) is 16.7. The number of hydrogen-bond donors (Lipinski definition) is 2. The Balaban J connectivity index is 1.58. The van der Waals surface area contributed by atoms with Crippen molar-refractivity contribution < 1.29 is 0 Å². The fourth-order valence-corrected chi connectivity index (χ4v) is 5.40. The van der Waals surface area contributed by atoms with E-state index in [1.807, 2.05) is 17.5 Å². The number of thiophene rings is 1. The average molecular weight is 398 g/mol. The first-order valence-corrected chi connectivity index (χ1v) is 10.5. The average Bonchev–Trinajstić information content (AvgIpc) is 3.28. The Morgan fingerprint density at radius 3 is 2.81 bits per heavy atom. The number of aromatic amines is 1. The van der Waals surface area contributed by atoms with E-state index in [0.717, 1.165) is 46.6 Å². The number of aromatic nitrogens is 2. The van der Waals surface area contributed by atoms with Gasteiger partial charge in [-0.05, 0) is 36.7 Å². The Hall–Kier alpha value is -2.42. The summed E-state index contributed by atoms with van der Waals surface area (Å²) in [5, 5.41) is 2.61. The number of fused-ring (bicyclic) bond motifs is 2. The minimum Gasteiger partial charge on any atom is -0.397 e. The van der Waals surface area contributed by atoms with Crippen molar-refractivity contribution in [2.24, 2.45) is 0 Å². The van der Waals surface area contributed by atoms with Crippen LogP contribution in [-0.4, -0.2) is 48.1 Å². The molecule has 3 aromatic heterocycles. The Bertz CT molecular complexity index is 1200. The predicted octanol–water partition coefficient (Wildman–Crippen LogP) is 3.20. The summed E-state index contributed by atoms with van der Waals surface area (Å²) < 4.78 is 1.98. The zero-order chi connectivity index (χ0) is 18.5. The lowest BCUT2D eigenvalue weighted by molar-refractivity contribution is 0.313. The van der Waals surface area contributed by atoms with E-state index in [0.29, 0.717) is 16.3 Å². The Kier molecular flexibility index (Phi) is 3.92. The third-order valence-electron chi connectivity index (χ3n) is 5.11. The van der Waals surface area contributed by atoms with E-state index in [-0.39, 0.29) is 5.56 Å². The lowest BCUT2D eigenvalue weighted by Gasteiger charge is -2.34. The van der Waals surface area contributed by atoms with Crippen molar-refractivity contribution in [3.63, 3.8) is 0 Å². The van der Waals surface area contributed by atoms with E-state index in [1.165, 1.54) is 28.4 Å². The van der Waals surface area contributed by atoms with E-state index in [9.17, 15) is 4.79 Å². The van der Waals surface area contributed by atoms with Crippen LogP contribution in [0.4, 0.5) is 11.4 Å². The van der Waals surface area contributed by atoms with Crippen LogP contribution in [0.2, 0.25) is 0 Å². The van der Waals surface area contributed by atoms with Crippen molar-refractivity contribution in [1.29, 1.82) is 0 Å². The van der Waals surface area contributed by atoms with Crippen molar-refractivity contribution in [1.82, 2.24) is 14.9 Å². The lowest BCUT2D eigenvalue weighted by Crippen LogP contribution is -2.44. The second-order valence-electron chi connectivity index (χ2n) is 6.87. The number of hydrogen-bond acceptors (Lipinski definition) is 7. The summed E-state index contributed by atoms with van der Waals surface area (Å²) in [6.45, 7) is 4.18. The fraction of sp³-hybridized carbons (Fsp3) is 0.263. The third kappa shape index (κ3) is 2.80. The van der Waals surface area contributed by atoms with Gasteiger partial charge in [0.15, 0.2) is 0 Å². The maximum atomic E-state index is 12.6. The van der Waals surface area contributed by atoms with Crippen LogP contribution >= 0.6 is 22.7 Å². The van der Waals surface area contributed by atoms with Crippen LogP contribution in [0.1, 0.15) is 0 Å². The normalized spacial score (nSPS) is 15.8. The molecule has 3 N–H and O–H groups in total. The van der Waals surface area contributed by atoms with Gasteiger partial charge in [-0.15, -0.1) is 22.7 Å². The molecule has 0 atom stereocenters. The molecule has 1 aliphatic rings. The number of H-pyrrole nitrogens is 1. The molecule has 0 radical (unpaired) electrons. The fourth-order valence-electron chi connectivity index (χ4n) is 3.53. The van der Waals surface area contributed by atoms with Gasteiger partial charge in [0.05, 0.1) is 26.1 Å². The zero-order valence-electron chi connectivity index (χ0n) is 14.9. The van der Waals surface area contributed by atoms with Crippen LogP contribution in [0, 0.1) is 0 Å². The summed E-state index contributed by atoms with van der Waals surface area (Å²) in [5.74, 6) is 0. The molecule has 0 bridgehead atoms. The van der Waals surface area contributed by atoms with Gasteiger partial charge in [0.1, 0.15) is 10.6 Å². The van der Waals surface area contributed by atoms with Crippen LogP contribution in [0.3, 0.4) is 0 Å². The van der Waals surface area contributed by atoms with Crippen molar-refractivity contribution >= 4 is 54.5 Å². The van der Waals surface area contributed by atoms with Crippen LogP contribution in [0.25, 0.3) is 31.0 Å². The number of pyridine rings is 1. The maximum absolute atomic E-state index is 12.6. The molecule has 0 unspecified atom stereocenters. The van der Waals surface area contributed by atoms with Gasteiger partial charge in [0.2, 0.25) is 0 Å².